The maximum absolute atomic E-state index is 12.6. The number of nitrogens with one attached hydrogen (secondary N) is 3. The number of amides is 4. The minimum absolute atomic E-state index is 0.522. The largest absolute Gasteiger partial charge is 0.481 e. The Kier molecular flexibility index (Phi) is 13.0. The van der Waals surface area contributed by atoms with Crippen LogP contribution in [0.2, 0.25) is 0 Å². The Hall–Kier alpha value is -4.28. The van der Waals surface area contributed by atoms with Crippen molar-refractivity contribution in [1.29, 1.82) is 0 Å². The van der Waals surface area contributed by atoms with Crippen molar-refractivity contribution in [3.63, 3.8) is 0 Å². The average molecular weight is 505 g/mol. The van der Waals surface area contributed by atoms with Gasteiger partial charge in [-0.05, 0) is 12.8 Å². The van der Waals surface area contributed by atoms with Crippen LogP contribution in [0.1, 0.15) is 38.5 Å². The summed E-state index contributed by atoms with van der Waals surface area (Å²) >= 11 is 0. The number of hydrogen-bond donors (Lipinski definition) is 9. The first-order valence-electron chi connectivity index (χ1n) is 9.97. The van der Waals surface area contributed by atoms with Crippen molar-refractivity contribution < 1.29 is 58.8 Å². The van der Waals surface area contributed by atoms with Crippen molar-refractivity contribution in [2.45, 2.75) is 62.7 Å². The van der Waals surface area contributed by atoms with Crippen LogP contribution in [-0.4, -0.2) is 92.1 Å². The summed E-state index contributed by atoms with van der Waals surface area (Å²) in [6, 6.07) is -6.73. The first-order chi connectivity index (χ1) is 16.1. The molecule has 0 aliphatic heterocycles. The summed E-state index contributed by atoms with van der Waals surface area (Å²) < 4.78 is 0. The van der Waals surface area contributed by atoms with Crippen LogP contribution in [0, 0.1) is 0 Å². The number of carboxylic acids is 4. The van der Waals surface area contributed by atoms with E-state index in [2.05, 4.69) is 0 Å². The van der Waals surface area contributed by atoms with E-state index in [9.17, 15) is 43.5 Å². The zero-order valence-electron chi connectivity index (χ0n) is 18.3. The zero-order valence-corrected chi connectivity index (χ0v) is 18.3. The Bertz CT molecular complexity index is 861. The van der Waals surface area contributed by atoms with E-state index in [1.807, 2.05) is 16.0 Å². The van der Waals surface area contributed by atoms with Crippen LogP contribution in [0.3, 0.4) is 0 Å². The number of carboxylic acid groups (broad SMARTS) is 4. The molecule has 17 nitrogen and oxygen atoms in total. The molecule has 4 atom stereocenters. The van der Waals surface area contributed by atoms with Gasteiger partial charge in [0, 0.05) is 12.8 Å². The number of primary amides is 1. The summed E-state index contributed by atoms with van der Waals surface area (Å²) in [5, 5.41) is 41.8. The van der Waals surface area contributed by atoms with Gasteiger partial charge in [0.25, 0.3) is 0 Å². The monoisotopic (exact) mass is 505 g/mol. The van der Waals surface area contributed by atoms with E-state index in [1.165, 1.54) is 0 Å². The second kappa shape index (κ2) is 14.8. The third-order valence-electron chi connectivity index (χ3n) is 4.31. The van der Waals surface area contributed by atoms with Crippen LogP contribution < -0.4 is 27.4 Å². The van der Waals surface area contributed by atoms with Gasteiger partial charge >= 0.3 is 23.9 Å². The van der Waals surface area contributed by atoms with E-state index >= 15 is 0 Å². The summed E-state index contributed by atoms with van der Waals surface area (Å²) in [5.41, 5.74) is 10.4. The van der Waals surface area contributed by atoms with Crippen molar-refractivity contribution >= 4 is 47.5 Å². The Labute approximate surface area is 197 Å². The van der Waals surface area contributed by atoms with Gasteiger partial charge in [-0.1, -0.05) is 0 Å². The molecule has 4 unspecified atom stereocenters. The van der Waals surface area contributed by atoms with Gasteiger partial charge in [0.2, 0.25) is 23.6 Å². The summed E-state index contributed by atoms with van der Waals surface area (Å²) in [6.07, 6.45) is -4.00. The van der Waals surface area contributed by atoms with E-state index in [4.69, 9.17) is 26.8 Å². The molecule has 0 aromatic rings. The van der Waals surface area contributed by atoms with Crippen LogP contribution in [0.4, 0.5) is 0 Å². The predicted octanol–water partition coefficient (Wildman–Crippen LogP) is -4.07. The molecule has 4 amide bonds. The van der Waals surface area contributed by atoms with Crippen LogP contribution >= 0.6 is 0 Å². The fourth-order valence-electron chi connectivity index (χ4n) is 2.58. The molecule has 0 saturated carbocycles. The lowest BCUT2D eigenvalue weighted by molar-refractivity contribution is -0.144. The highest BCUT2D eigenvalue weighted by Gasteiger charge is 2.32. The van der Waals surface area contributed by atoms with Gasteiger partial charge in [0.15, 0.2) is 0 Å². The minimum Gasteiger partial charge on any atom is -0.481 e. The first-order valence-corrected chi connectivity index (χ1v) is 9.97. The molecule has 0 radical (unpaired) electrons. The van der Waals surface area contributed by atoms with E-state index in [1.54, 1.807) is 0 Å². The van der Waals surface area contributed by atoms with Gasteiger partial charge in [0.1, 0.15) is 18.1 Å². The fraction of sp³-hybridized carbons (Fsp3) is 0.556. The predicted molar refractivity (Wildman–Crippen MR) is 111 cm³/mol. The fourth-order valence-corrected chi connectivity index (χ4v) is 2.58. The molecule has 0 aliphatic rings. The quantitative estimate of drug-likeness (QED) is 0.0909. The summed E-state index contributed by atoms with van der Waals surface area (Å²) in [5.74, 6) is -10.4. The van der Waals surface area contributed by atoms with E-state index < -0.39 is 110 Å². The number of nitrogens with two attached hydrogens (primary N) is 2. The highest BCUT2D eigenvalue weighted by Crippen LogP contribution is 2.05. The molecule has 0 aliphatic carbocycles. The molecule has 35 heavy (non-hydrogen) atoms. The average Bonchev–Trinajstić information content (AvgIpc) is 2.71. The number of carbonyl (C=O) groups is 8. The van der Waals surface area contributed by atoms with Gasteiger partial charge in [-0.3, -0.25) is 33.6 Å². The Morgan fingerprint density at radius 2 is 1.03 bits per heavy atom. The number of hydrogen-bond acceptors (Lipinski definition) is 9. The van der Waals surface area contributed by atoms with Crippen molar-refractivity contribution in [3.8, 4) is 0 Å². The lowest BCUT2D eigenvalue weighted by Crippen LogP contribution is -2.57. The summed E-state index contributed by atoms with van der Waals surface area (Å²) in [4.78, 5) is 92.1. The van der Waals surface area contributed by atoms with Gasteiger partial charge in [-0.25, -0.2) is 4.79 Å². The second-order valence-electron chi connectivity index (χ2n) is 7.26. The molecule has 17 heteroatoms. The number of rotatable bonds is 17. The maximum atomic E-state index is 12.6. The second-order valence-corrected chi connectivity index (χ2v) is 7.26. The standard InChI is InChI=1S/C18H27N5O12/c19-7(5-11(20)24)15(31)23-10(6-14(29)30)17(33)21-8(1-3-12(25)26)16(32)22-9(18(34)35)2-4-13(27)28/h7-10H,1-6,19H2,(H2,20,24)(H,21,33)(H,22,32)(H,23,31)(H,25,26)(H,27,28)(H,29,30)(H,34,35). The summed E-state index contributed by atoms with van der Waals surface area (Å²) in [7, 11) is 0. The molecule has 0 saturated heterocycles. The molecule has 11 N–H and O–H groups in total. The highest BCUT2D eigenvalue weighted by molar-refractivity contribution is 5.96. The molecule has 196 valence electrons. The van der Waals surface area contributed by atoms with Crippen molar-refractivity contribution in [3.05, 3.63) is 0 Å². The van der Waals surface area contributed by atoms with Crippen molar-refractivity contribution in [2.75, 3.05) is 0 Å². The van der Waals surface area contributed by atoms with E-state index in [0.717, 1.165) is 0 Å². The highest BCUT2D eigenvalue weighted by atomic mass is 16.4. The van der Waals surface area contributed by atoms with Crippen molar-refractivity contribution in [1.82, 2.24) is 16.0 Å². The maximum Gasteiger partial charge on any atom is 0.326 e. The molecule has 0 heterocycles. The third-order valence-corrected chi connectivity index (χ3v) is 4.31. The molecule has 0 spiro atoms. The Balaban J connectivity index is 5.62. The molecule has 0 aromatic carbocycles. The van der Waals surface area contributed by atoms with Gasteiger partial charge in [0.05, 0.1) is 18.9 Å². The third kappa shape index (κ3) is 13.1. The molecule has 0 rings (SSSR count). The normalized spacial score (nSPS) is 13.9. The van der Waals surface area contributed by atoms with E-state index in [0.29, 0.717) is 0 Å². The molecule has 0 aromatic heterocycles. The van der Waals surface area contributed by atoms with Crippen molar-refractivity contribution in [2.24, 2.45) is 11.5 Å². The van der Waals surface area contributed by atoms with Gasteiger partial charge < -0.3 is 47.8 Å². The molecule has 0 bridgehead atoms. The van der Waals surface area contributed by atoms with Crippen LogP contribution in [0.15, 0.2) is 0 Å². The van der Waals surface area contributed by atoms with Crippen LogP contribution in [0.25, 0.3) is 0 Å². The number of aliphatic carboxylic acids is 4. The first kappa shape index (κ1) is 30.7. The number of carbonyl (C=O) groups excluding carboxylic acids is 4. The Morgan fingerprint density at radius 3 is 1.46 bits per heavy atom. The Morgan fingerprint density at radius 1 is 0.600 bits per heavy atom. The zero-order chi connectivity index (χ0) is 27.3. The molecular formula is C18H27N5O12. The molecule has 0 fully saturated rings. The van der Waals surface area contributed by atoms with Gasteiger partial charge in [-0.2, -0.15) is 0 Å². The smallest absolute Gasteiger partial charge is 0.326 e. The van der Waals surface area contributed by atoms with Crippen LogP contribution in [-0.2, 0) is 38.4 Å². The van der Waals surface area contributed by atoms with Crippen LogP contribution in [0.5, 0.6) is 0 Å². The summed E-state index contributed by atoms with van der Waals surface area (Å²) in [6.45, 7) is 0. The lowest BCUT2D eigenvalue weighted by Gasteiger charge is -2.24. The topological polar surface area (TPSA) is 306 Å². The SMILES string of the molecule is NC(=O)CC(N)C(=O)NC(CC(=O)O)C(=O)NC(CCC(=O)O)C(=O)NC(CCC(=O)O)C(=O)O. The van der Waals surface area contributed by atoms with E-state index in [-0.39, 0.29) is 0 Å². The molecular weight excluding hydrogens is 478 g/mol. The lowest BCUT2D eigenvalue weighted by atomic mass is 10.1. The van der Waals surface area contributed by atoms with Gasteiger partial charge in [-0.15, -0.1) is 0 Å². The minimum atomic E-state index is -1.82.